The number of nitriles is 1. The Kier molecular flexibility index (Phi) is 7.50. The van der Waals surface area contributed by atoms with Gasteiger partial charge in [-0.2, -0.15) is 31.6 Å². The van der Waals surface area contributed by atoms with Gasteiger partial charge in [0, 0.05) is 23.1 Å². The number of phenols is 1. The number of nitrogens with one attached hydrogen (secondary N) is 1. The van der Waals surface area contributed by atoms with E-state index in [0.717, 1.165) is 12.1 Å². The summed E-state index contributed by atoms with van der Waals surface area (Å²) in [5, 5.41) is 32.1. The largest absolute Gasteiger partial charge is 0.508 e. The van der Waals surface area contributed by atoms with Crippen LogP contribution in [0.25, 0.3) is 0 Å². The van der Waals surface area contributed by atoms with Crippen molar-refractivity contribution in [3.05, 3.63) is 94.3 Å². The first kappa shape index (κ1) is 29.4. The maximum Gasteiger partial charge on any atom is 0.417 e. The highest BCUT2D eigenvalue weighted by Gasteiger charge is 2.54. The quantitative estimate of drug-likeness (QED) is 0.246. The number of phenolic OH excluding ortho intramolecular Hbond substituents is 1. The van der Waals surface area contributed by atoms with Crippen molar-refractivity contribution in [1.29, 1.82) is 5.26 Å². The van der Waals surface area contributed by atoms with Gasteiger partial charge in [0.15, 0.2) is 0 Å². The molecule has 1 unspecified atom stereocenters. The Morgan fingerprint density at radius 3 is 2.17 bits per heavy atom. The standard InChI is InChI=1S/C29H19F7N2O3/c30-24-8-4-19(28(31,32)33)13-23(24)26(11-12-26)16-27(41,10-9-17-1-6-21(39)7-2-17)25(40)38-20-5-3-18(15-37)22(14-20)29(34,35)36/h1-8,13-14,39,41H,11-12,16H2,(H,38,40). The maximum absolute atomic E-state index is 14.8. The monoisotopic (exact) mass is 576 g/mol. The molecule has 0 aliphatic heterocycles. The van der Waals surface area contributed by atoms with E-state index in [0.29, 0.717) is 24.3 Å². The topological polar surface area (TPSA) is 93.4 Å². The van der Waals surface area contributed by atoms with E-state index in [-0.39, 0.29) is 29.7 Å². The molecule has 1 saturated carbocycles. The van der Waals surface area contributed by atoms with Crippen LogP contribution in [0.2, 0.25) is 0 Å². The Morgan fingerprint density at radius 2 is 1.61 bits per heavy atom. The highest BCUT2D eigenvalue weighted by Crippen LogP contribution is 2.55. The number of anilines is 1. The molecule has 1 amide bonds. The van der Waals surface area contributed by atoms with Crippen molar-refractivity contribution in [3.8, 4) is 23.7 Å². The number of hydrogen-bond donors (Lipinski definition) is 3. The van der Waals surface area contributed by atoms with E-state index in [1.165, 1.54) is 30.3 Å². The SMILES string of the molecule is N#Cc1ccc(NC(=O)C(O)(C#Cc2ccc(O)cc2)CC2(c3cc(C(F)(F)F)ccc3F)CC2)cc1C(F)(F)F. The first-order valence-electron chi connectivity index (χ1n) is 11.9. The zero-order valence-electron chi connectivity index (χ0n) is 20.8. The second-order valence-corrected chi connectivity index (χ2v) is 9.63. The van der Waals surface area contributed by atoms with Crippen molar-refractivity contribution >= 4 is 11.6 Å². The molecule has 3 aromatic rings. The minimum Gasteiger partial charge on any atom is -0.508 e. The molecule has 1 fully saturated rings. The summed E-state index contributed by atoms with van der Waals surface area (Å²) in [6.07, 6.45) is -10.2. The van der Waals surface area contributed by atoms with Crippen LogP contribution < -0.4 is 5.32 Å². The number of alkyl halides is 6. The fraction of sp³-hybridized carbons (Fsp3) is 0.241. The molecule has 0 saturated heterocycles. The summed E-state index contributed by atoms with van der Waals surface area (Å²) in [5.41, 5.74) is -7.97. The van der Waals surface area contributed by atoms with E-state index < -0.39 is 63.9 Å². The van der Waals surface area contributed by atoms with Gasteiger partial charge in [-0.25, -0.2) is 4.39 Å². The molecule has 212 valence electrons. The highest BCUT2D eigenvalue weighted by atomic mass is 19.4. The zero-order valence-corrected chi connectivity index (χ0v) is 20.8. The molecule has 0 bridgehead atoms. The number of benzene rings is 3. The lowest BCUT2D eigenvalue weighted by Gasteiger charge is -2.28. The molecule has 41 heavy (non-hydrogen) atoms. The number of nitrogens with zero attached hydrogens (tertiary/aromatic N) is 1. The van der Waals surface area contributed by atoms with Gasteiger partial charge < -0.3 is 15.5 Å². The molecule has 12 heteroatoms. The lowest BCUT2D eigenvalue weighted by Crippen LogP contribution is -2.44. The molecule has 3 aromatic carbocycles. The van der Waals surface area contributed by atoms with Gasteiger partial charge in [0.05, 0.1) is 22.8 Å². The van der Waals surface area contributed by atoms with Crippen molar-refractivity contribution in [2.24, 2.45) is 0 Å². The van der Waals surface area contributed by atoms with Gasteiger partial charge in [0.1, 0.15) is 11.6 Å². The number of carbonyl (C=O) groups is 1. The summed E-state index contributed by atoms with van der Waals surface area (Å²) >= 11 is 0. The van der Waals surface area contributed by atoms with Gasteiger partial charge in [0.25, 0.3) is 5.91 Å². The summed E-state index contributed by atoms with van der Waals surface area (Å²) in [6, 6.07) is 10.7. The fourth-order valence-corrected chi connectivity index (χ4v) is 4.38. The van der Waals surface area contributed by atoms with E-state index >= 15 is 0 Å². The normalized spacial score (nSPS) is 15.6. The summed E-state index contributed by atoms with van der Waals surface area (Å²) in [5.74, 6) is 2.44. The van der Waals surface area contributed by atoms with Gasteiger partial charge in [-0.3, -0.25) is 4.79 Å². The van der Waals surface area contributed by atoms with Crippen LogP contribution in [0.5, 0.6) is 5.75 Å². The van der Waals surface area contributed by atoms with E-state index in [4.69, 9.17) is 5.26 Å². The van der Waals surface area contributed by atoms with Crippen molar-refractivity contribution < 1.29 is 45.7 Å². The molecule has 1 atom stereocenters. The molecular weight excluding hydrogens is 557 g/mol. The second-order valence-electron chi connectivity index (χ2n) is 9.63. The van der Waals surface area contributed by atoms with Crippen LogP contribution in [0.15, 0.2) is 60.7 Å². The van der Waals surface area contributed by atoms with Gasteiger partial charge >= 0.3 is 12.4 Å². The van der Waals surface area contributed by atoms with Gasteiger partial charge in [-0.15, -0.1) is 0 Å². The molecule has 0 aromatic heterocycles. The number of halogens is 7. The summed E-state index contributed by atoms with van der Waals surface area (Å²) in [4.78, 5) is 13.3. The molecular formula is C29H19F7N2O3. The van der Waals surface area contributed by atoms with Gasteiger partial charge in [-0.1, -0.05) is 11.8 Å². The molecule has 0 spiro atoms. The lowest BCUT2D eigenvalue weighted by atomic mass is 9.81. The Hall–Kier alpha value is -4.55. The van der Waals surface area contributed by atoms with E-state index in [1.807, 2.05) is 0 Å². The first-order valence-corrected chi connectivity index (χ1v) is 11.9. The number of hydrogen-bond acceptors (Lipinski definition) is 4. The summed E-state index contributed by atoms with van der Waals surface area (Å²) in [6.45, 7) is 0. The summed E-state index contributed by atoms with van der Waals surface area (Å²) in [7, 11) is 0. The Bertz CT molecular complexity index is 1590. The van der Waals surface area contributed by atoms with Crippen LogP contribution in [0, 0.1) is 29.0 Å². The number of amides is 1. The van der Waals surface area contributed by atoms with Crippen molar-refractivity contribution in [2.45, 2.75) is 42.6 Å². The van der Waals surface area contributed by atoms with Crippen LogP contribution in [0.1, 0.15) is 47.1 Å². The fourth-order valence-electron chi connectivity index (χ4n) is 4.38. The van der Waals surface area contributed by atoms with Crippen molar-refractivity contribution in [3.63, 3.8) is 0 Å². The third-order valence-corrected chi connectivity index (χ3v) is 6.67. The zero-order chi connectivity index (χ0) is 30.2. The number of carbonyl (C=O) groups excluding carboxylic acids is 1. The van der Waals surface area contributed by atoms with Crippen LogP contribution in [0.3, 0.4) is 0 Å². The number of rotatable bonds is 5. The van der Waals surface area contributed by atoms with Gasteiger partial charge in [-0.05, 0) is 79.1 Å². The predicted molar refractivity (Wildman–Crippen MR) is 132 cm³/mol. The lowest BCUT2D eigenvalue weighted by molar-refractivity contribution is -0.138. The Morgan fingerprint density at radius 1 is 0.951 bits per heavy atom. The first-order chi connectivity index (χ1) is 19.1. The maximum atomic E-state index is 14.8. The summed E-state index contributed by atoms with van der Waals surface area (Å²) < 4.78 is 95.1. The average Bonchev–Trinajstić information content (AvgIpc) is 3.67. The van der Waals surface area contributed by atoms with Crippen LogP contribution in [-0.4, -0.2) is 21.7 Å². The minimum absolute atomic E-state index is 0.0940. The molecule has 4 rings (SSSR count). The third-order valence-electron chi connectivity index (χ3n) is 6.67. The van der Waals surface area contributed by atoms with Crippen LogP contribution >= 0.6 is 0 Å². The van der Waals surface area contributed by atoms with Crippen molar-refractivity contribution in [1.82, 2.24) is 0 Å². The van der Waals surface area contributed by atoms with Crippen LogP contribution in [-0.2, 0) is 22.6 Å². The molecule has 0 radical (unpaired) electrons. The number of aromatic hydroxyl groups is 1. The molecule has 5 nitrogen and oxygen atoms in total. The van der Waals surface area contributed by atoms with E-state index in [9.17, 15) is 45.7 Å². The Labute approximate surface area is 228 Å². The average molecular weight is 576 g/mol. The molecule has 1 aliphatic carbocycles. The second kappa shape index (κ2) is 10.5. The highest BCUT2D eigenvalue weighted by molar-refractivity contribution is 6.00. The van der Waals surface area contributed by atoms with Gasteiger partial charge in [0.2, 0.25) is 5.60 Å². The van der Waals surface area contributed by atoms with E-state index in [2.05, 4.69) is 17.2 Å². The molecule has 3 N–H and O–H groups in total. The smallest absolute Gasteiger partial charge is 0.417 e. The Balaban J connectivity index is 1.75. The predicted octanol–water partition coefficient (Wildman–Crippen LogP) is 6.28. The van der Waals surface area contributed by atoms with E-state index in [1.54, 1.807) is 0 Å². The minimum atomic E-state index is -4.94. The third kappa shape index (κ3) is 6.44. The van der Waals surface area contributed by atoms with Crippen molar-refractivity contribution in [2.75, 3.05) is 5.32 Å². The molecule has 1 aliphatic rings. The molecule has 0 heterocycles. The van der Waals surface area contributed by atoms with Crippen LogP contribution in [0.4, 0.5) is 36.4 Å². The number of aliphatic hydroxyl groups is 1.